The van der Waals surface area contributed by atoms with Gasteiger partial charge in [-0.3, -0.25) is 9.58 Å². The Hall–Kier alpha value is -2.02. The van der Waals surface area contributed by atoms with Crippen molar-refractivity contribution in [3.05, 3.63) is 30.5 Å². The molecule has 1 saturated heterocycles. The molecule has 0 aliphatic carbocycles. The lowest BCUT2D eigenvalue weighted by atomic mass is 10.0. The number of aromatic nitrogens is 5. The third-order valence-corrected chi connectivity index (χ3v) is 4.28. The first-order chi connectivity index (χ1) is 10.7. The van der Waals surface area contributed by atoms with Gasteiger partial charge in [0.05, 0.1) is 12.2 Å². The number of likely N-dealkylation sites (N-methyl/N-ethyl adjacent to an activating group) is 1. The Kier molecular flexibility index (Phi) is 4.62. The molecule has 3 rings (SSSR count). The lowest BCUT2D eigenvalue weighted by molar-refractivity contribution is 0.205. The molecule has 1 aliphatic rings. The second kappa shape index (κ2) is 6.83. The van der Waals surface area contributed by atoms with E-state index in [1.165, 1.54) is 12.8 Å². The largest absolute Gasteiger partial charge is 0.354 e. The van der Waals surface area contributed by atoms with Crippen LogP contribution in [0.5, 0.6) is 0 Å². The highest BCUT2D eigenvalue weighted by molar-refractivity contribution is 5.38. The molecular formula is C15H23N7. The summed E-state index contributed by atoms with van der Waals surface area (Å²) >= 11 is 0. The summed E-state index contributed by atoms with van der Waals surface area (Å²) in [5, 5.41) is 12.6. The van der Waals surface area contributed by atoms with Gasteiger partial charge >= 0.3 is 0 Å². The maximum absolute atomic E-state index is 4.32. The van der Waals surface area contributed by atoms with Crippen molar-refractivity contribution < 1.29 is 0 Å². The Bertz CT molecular complexity index is 566. The van der Waals surface area contributed by atoms with Gasteiger partial charge < -0.3 is 4.90 Å². The molecule has 7 heteroatoms. The fourth-order valence-corrected chi connectivity index (χ4v) is 2.87. The second-order valence-corrected chi connectivity index (χ2v) is 5.91. The van der Waals surface area contributed by atoms with Crippen molar-refractivity contribution in [3.63, 3.8) is 0 Å². The van der Waals surface area contributed by atoms with Gasteiger partial charge in [-0.1, -0.05) is 0 Å². The van der Waals surface area contributed by atoms with Crippen LogP contribution in [-0.2, 0) is 6.54 Å². The monoisotopic (exact) mass is 301 g/mol. The molecule has 118 valence electrons. The minimum atomic E-state index is 0.542. The minimum Gasteiger partial charge on any atom is -0.354 e. The molecule has 1 aliphatic heterocycles. The summed E-state index contributed by atoms with van der Waals surface area (Å²) in [6.45, 7) is 5.88. The summed E-state index contributed by atoms with van der Waals surface area (Å²) in [6, 6.07) is 4.64. The quantitative estimate of drug-likeness (QED) is 0.820. The average molecular weight is 301 g/mol. The molecule has 2 aromatic rings. The zero-order valence-corrected chi connectivity index (χ0v) is 13.3. The first-order valence-corrected chi connectivity index (χ1v) is 7.80. The van der Waals surface area contributed by atoms with Crippen molar-refractivity contribution in [2.45, 2.75) is 32.4 Å². The number of nitrogens with zero attached hydrogens (tertiary/aromatic N) is 7. The highest BCUT2D eigenvalue weighted by Crippen LogP contribution is 2.19. The molecule has 1 atom stereocenters. The van der Waals surface area contributed by atoms with E-state index in [0.717, 1.165) is 37.7 Å². The molecule has 1 unspecified atom stereocenters. The maximum atomic E-state index is 4.32. The topological polar surface area (TPSA) is 63.0 Å². The number of hydrogen-bond donors (Lipinski definition) is 0. The van der Waals surface area contributed by atoms with Crippen molar-refractivity contribution >= 4 is 5.82 Å². The van der Waals surface area contributed by atoms with Gasteiger partial charge in [-0.15, -0.1) is 5.10 Å². The third-order valence-electron chi connectivity index (χ3n) is 4.28. The minimum absolute atomic E-state index is 0.542. The zero-order chi connectivity index (χ0) is 15.4. The molecule has 0 N–H and O–H groups in total. The normalized spacial score (nSPS) is 18.9. The van der Waals surface area contributed by atoms with Crippen molar-refractivity contribution in [3.8, 4) is 0 Å². The number of anilines is 1. The first kappa shape index (κ1) is 14.9. The number of hydrogen-bond acceptors (Lipinski definition) is 6. The van der Waals surface area contributed by atoms with E-state index in [1.807, 2.05) is 17.7 Å². The molecular weight excluding hydrogens is 278 g/mol. The standard InChI is InChI=1S/C15H23N7/c1-13-5-6-15(19-18-13)21-7-3-4-14(10-21)20(2)8-9-22-12-16-11-17-22/h5-6,11-12,14H,3-4,7-10H2,1-2H3. The van der Waals surface area contributed by atoms with Crippen LogP contribution in [0.4, 0.5) is 5.82 Å². The first-order valence-electron chi connectivity index (χ1n) is 7.80. The van der Waals surface area contributed by atoms with Crippen molar-refractivity contribution in [1.29, 1.82) is 0 Å². The summed E-state index contributed by atoms with van der Waals surface area (Å²) in [4.78, 5) is 8.73. The Morgan fingerprint density at radius 2 is 2.23 bits per heavy atom. The van der Waals surface area contributed by atoms with E-state index < -0.39 is 0 Å². The average Bonchev–Trinajstić information content (AvgIpc) is 3.07. The molecule has 0 spiro atoms. The van der Waals surface area contributed by atoms with E-state index in [1.54, 1.807) is 12.7 Å². The van der Waals surface area contributed by atoms with Crippen LogP contribution in [0, 0.1) is 6.92 Å². The van der Waals surface area contributed by atoms with Crippen LogP contribution in [0.2, 0.25) is 0 Å². The summed E-state index contributed by atoms with van der Waals surface area (Å²) in [5.74, 6) is 0.986. The highest BCUT2D eigenvalue weighted by Gasteiger charge is 2.24. The van der Waals surface area contributed by atoms with Crippen LogP contribution < -0.4 is 4.90 Å². The molecule has 7 nitrogen and oxygen atoms in total. The van der Waals surface area contributed by atoms with Gasteiger partial charge in [0.15, 0.2) is 5.82 Å². The molecule has 2 aromatic heterocycles. The zero-order valence-electron chi connectivity index (χ0n) is 13.3. The van der Waals surface area contributed by atoms with E-state index >= 15 is 0 Å². The van der Waals surface area contributed by atoms with Gasteiger partial charge in [0.2, 0.25) is 0 Å². The third kappa shape index (κ3) is 3.59. The maximum Gasteiger partial charge on any atom is 0.151 e. The molecule has 0 bridgehead atoms. The van der Waals surface area contributed by atoms with Gasteiger partial charge in [-0.05, 0) is 38.9 Å². The SMILES string of the molecule is Cc1ccc(N2CCCC(N(C)CCn3cncn3)C2)nn1. The second-order valence-electron chi connectivity index (χ2n) is 5.91. The Balaban J connectivity index is 1.56. The van der Waals surface area contributed by atoms with Gasteiger partial charge in [0.25, 0.3) is 0 Å². The lowest BCUT2D eigenvalue weighted by Gasteiger charge is -2.38. The summed E-state index contributed by atoms with van der Waals surface area (Å²) in [5.41, 5.74) is 0.960. The molecule has 0 radical (unpaired) electrons. The molecule has 0 saturated carbocycles. The smallest absolute Gasteiger partial charge is 0.151 e. The van der Waals surface area contributed by atoms with Gasteiger partial charge in [0.1, 0.15) is 12.7 Å². The van der Waals surface area contributed by atoms with E-state index in [0.29, 0.717) is 6.04 Å². The summed E-state index contributed by atoms with van der Waals surface area (Å²) < 4.78 is 1.88. The van der Waals surface area contributed by atoms with Crippen LogP contribution in [-0.4, -0.2) is 62.6 Å². The fourth-order valence-electron chi connectivity index (χ4n) is 2.87. The van der Waals surface area contributed by atoms with Crippen LogP contribution in [0.1, 0.15) is 18.5 Å². The molecule has 22 heavy (non-hydrogen) atoms. The number of piperidine rings is 1. The lowest BCUT2D eigenvalue weighted by Crippen LogP contribution is -2.47. The van der Waals surface area contributed by atoms with Crippen LogP contribution >= 0.6 is 0 Å². The predicted octanol–water partition coefficient (Wildman–Crippen LogP) is 0.977. The Labute approximate surface area is 131 Å². The fraction of sp³-hybridized carbons (Fsp3) is 0.600. The van der Waals surface area contributed by atoms with Gasteiger partial charge in [-0.25, -0.2) is 4.98 Å². The van der Waals surface area contributed by atoms with Crippen molar-refractivity contribution in [2.24, 2.45) is 0 Å². The predicted molar refractivity (Wildman–Crippen MR) is 84.7 cm³/mol. The van der Waals surface area contributed by atoms with E-state index in [2.05, 4.69) is 43.2 Å². The Morgan fingerprint density at radius 1 is 1.32 bits per heavy atom. The number of aryl methyl sites for hydroxylation is 1. The van der Waals surface area contributed by atoms with Crippen molar-refractivity contribution in [2.75, 3.05) is 31.6 Å². The summed E-state index contributed by atoms with van der Waals surface area (Å²) in [6.07, 6.45) is 5.76. The highest BCUT2D eigenvalue weighted by atomic mass is 15.3. The Morgan fingerprint density at radius 3 is 2.95 bits per heavy atom. The van der Waals surface area contributed by atoms with E-state index in [9.17, 15) is 0 Å². The molecule has 0 aromatic carbocycles. The van der Waals surface area contributed by atoms with Gasteiger partial charge in [-0.2, -0.15) is 10.2 Å². The molecule has 1 fully saturated rings. The van der Waals surface area contributed by atoms with Crippen LogP contribution in [0.15, 0.2) is 24.8 Å². The van der Waals surface area contributed by atoms with E-state index in [4.69, 9.17) is 0 Å². The van der Waals surface area contributed by atoms with Crippen LogP contribution in [0.25, 0.3) is 0 Å². The number of rotatable bonds is 5. The molecule has 3 heterocycles. The molecule has 0 amide bonds. The summed E-state index contributed by atoms with van der Waals surface area (Å²) in [7, 11) is 2.19. The van der Waals surface area contributed by atoms with Gasteiger partial charge in [0, 0.05) is 25.7 Å². The van der Waals surface area contributed by atoms with E-state index in [-0.39, 0.29) is 0 Å². The van der Waals surface area contributed by atoms with Crippen molar-refractivity contribution in [1.82, 2.24) is 29.9 Å². The van der Waals surface area contributed by atoms with Crippen LogP contribution in [0.3, 0.4) is 0 Å².